The molecular formula is C20H19NO6. The van der Waals surface area contributed by atoms with Crippen LogP contribution in [-0.2, 0) is 10.3 Å². The fourth-order valence-electron chi connectivity index (χ4n) is 4.67. The van der Waals surface area contributed by atoms with Crippen molar-refractivity contribution in [2.24, 2.45) is 0 Å². The molecule has 7 nitrogen and oxygen atoms in total. The summed E-state index contributed by atoms with van der Waals surface area (Å²) >= 11 is 0. The van der Waals surface area contributed by atoms with Gasteiger partial charge in [-0.05, 0) is 5.56 Å². The van der Waals surface area contributed by atoms with E-state index in [2.05, 4.69) is 5.32 Å². The van der Waals surface area contributed by atoms with Crippen molar-refractivity contribution >= 4 is 6.09 Å². The number of aliphatic hydroxyl groups is 1. The van der Waals surface area contributed by atoms with E-state index >= 15 is 0 Å². The maximum absolute atomic E-state index is 12.0. The topological polar surface area (TPSA) is 86.2 Å². The minimum Gasteiger partial charge on any atom is -0.496 e. The van der Waals surface area contributed by atoms with Gasteiger partial charge in [-0.3, -0.25) is 0 Å². The van der Waals surface area contributed by atoms with Crippen LogP contribution in [0.4, 0.5) is 4.79 Å². The number of rotatable bonds is 3. The van der Waals surface area contributed by atoms with Gasteiger partial charge in [0.2, 0.25) is 0 Å². The van der Waals surface area contributed by atoms with Crippen molar-refractivity contribution in [1.82, 2.24) is 5.32 Å². The van der Waals surface area contributed by atoms with Gasteiger partial charge in [-0.25, -0.2) is 4.79 Å². The van der Waals surface area contributed by atoms with Crippen molar-refractivity contribution in [3.8, 4) is 17.2 Å². The molecule has 27 heavy (non-hydrogen) atoms. The number of hydrogen-bond acceptors (Lipinski definition) is 6. The number of methoxy groups -OCH3 is 2. The summed E-state index contributed by atoms with van der Waals surface area (Å²) in [5.74, 6) is 1.19. The highest BCUT2D eigenvalue weighted by atomic mass is 16.6. The van der Waals surface area contributed by atoms with E-state index in [1.807, 2.05) is 30.3 Å². The molecule has 1 aliphatic carbocycles. The fraction of sp³-hybridized carbons (Fsp3) is 0.350. The first-order chi connectivity index (χ1) is 13.1. The first kappa shape index (κ1) is 16.3. The van der Waals surface area contributed by atoms with Gasteiger partial charge in [-0.2, -0.15) is 0 Å². The van der Waals surface area contributed by atoms with Gasteiger partial charge in [0, 0.05) is 18.1 Å². The van der Waals surface area contributed by atoms with Crippen LogP contribution in [0.25, 0.3) is 0 Å². The fourth-order valence-corrected chi connectivity index (χ4v) is 4.67. The van der Waals surface area contributed by atoms with Crippen LogP contribution in [-0.4, -0.2) is 43.7 Å². The molecule has 2 aliphatic heterocycles. The summed E-state index contributed by atoms with van der Waals surface area (Å²) in [7, 11) is 3.07. The normalized spacial score (nSPS) is 32.6. The largest absolute Gasteiger partial charge is 0.496 e. The van der Waals surface area contributed by atoms with Gasteiger partial charge in [-0.15, -0.1) is 0 Å². The van der Waals surface area contributed by atoms with E-state index in [4.69, 9.17) is 18.9 Å². The average Bonchev–Trinajstić information content (AvgIpc) is 3.27. The van der Waals surface area contributed by atoms with E-state index < -0.39 is 29.9 Å². The molecule has 0 aromatic heterocycles. The molecule has 1 amide bonds. The Bertz CT molecular complexity index is 916. The summed E-state index contributed by atoms with van der Waals surface area (Å²) in [5, 5.41) is 14.7. The van der Waals surface area contributed by atoms with Gasteiger partial charge in [0.05, 0.1) is 25.8 Å². The molecular weight excluding hydrogens is 350 g/mol. The van der Waals surface area contributed by atoms with Crippen molar-refractivity contribution in [2.45, 2.75) is 29.8 Å². The van der Waals surface area contributed by atoms with E-state index in [0.29, 0.717) is 22.8 Å². The smallest absolute Gasteiger partial charge is 0.407 e. The number of fused-ring (bicyclic) bond motifs is 5. The van der Waals surface area contributed by atoms with E-state index in [-0.39, 0.29) is 5.92 Å². The average molecular weight is 369 g/mol. The highest BCUT2D eigenvalue weighted by Gasteiger charge is 2.71. The molecule has 0 spiro atoms. The molecule has 5 atom stereocenters. The highest BCUT2D eigenvalue weighted by molar-refractivity contribution is 5.73. The second kappa shape index (κ2) is 5.53. The second-order valence-electron chi connectivity index (χ2n) is 7.00. The Balaban J connectivity index is 1.70. The quantitative estimate of drug-likeness (QED) is 0.860. The lowest BCUT2D eigenvalue weighted by Gasteiger charge is -2.28. The van der Waals surface area contributed by atoms with E-state index in [1.165, 1.54) is 7.11 Å². The van der Waals surface area contributed by atoms with Crippen molar-refractivity contribution in [2.75, 3.05) is 14.2 Å². The first-order valence-corrected chi connectivity index (χ1v) is 8.75. The lowest BCUT2D eigenvalue weighted by molar-refractivity contribution is -0.0881. The maximum Gasteiger partial charge on any atom is 0.407 e. The van der Waals surface area contributed by atoms with Crippen LogP contribution in [0.3, 0.4) is 0 Å². The first-order valence-electron chi connectivity index (χ1n) is 8.75. The molecule has 2 N–H and O–H groups in total. The number of alkyl carbamates (subject to hydrolysis) is 1. The lowest BCUT2D eigenvalue weighted by Crippen LogP contribution is -2.44. The SMILES string of the molecule is COc1cc(OC)c2c(c1)OC1[C@H](c3ccccc3)C3NC(=O)OC3[C@@]21O. The Kier molecular flexibility index (Phi) is 3.33. The van der Waals surface area contributed by atoms with Gasteiger partial charge < -0.3 is 29.4 Å². The third-order valence-corrected chi connectivity index (χ3v) is 5.76. The molecule has 2 aromatic carbocycles. The van der Waals surface area contributed by atoms with Crippen molar-refractivity contribution in [1.29, 1.82) is 0 Å². The minimum atomic E-state index is -1.53. The van der Waals surface area contributed by atoms with E-state index in [0.717, 1.165) is 5.56 Å². The van der Waals surface area contributed by atoms with Crippen LogP contribution in [0.1, 0.15) is 17.0 Å². The van der Waals surface area contributed by atoms with E-state index in [9.17, 15) is 9.90 Å². The summed E-state index contributed by atoms with van der Waals surface area (Å²) in [6, 6.07) is 12.7. The van der Waals surface area contributed by atoms with Gasteiger partial charge >= 0.3 is 6.09 Å². The predicted octanol–water partition coefficient (Wildman–Crippen LogP) is 1.93. The zero-order valence-corrected chi connectivity index (χ0v) is 14.8. The number of carbonyl (C=O) groups excluding carboxylic acids is 1. The monoisotopic (exact) mass is 369 g/mol. The molecule has 3 aliphatic rings. The molecule has 7 heteroatoms. The van der Waals surface area contributed by atoms with Crippen LogP contribution in [0.15, 0.2) is 42.5 Å². The molecule has 2 heterocycles. The highest BCUT2D eigenvalue weighted by Crippen LogP contribution is 2.60. The van der Waals surface area contributed by atoms with Gasteiger partial charge in [0.25, 0.3) is 0 Å². The molecule has 140 valence electrons. The van der Waals surface area contributed by atoms with Crippen LogP contribution >= 0.6 is 0 Å². The third-order valence-electron chi connectivity index (χ3n) is 5.76. The number of ether oxygens (including phenoxy) is 4. The zero-order valence-electron chi connectivity index (χ0n) is 14.8. The zero-order chi connectivity index (χ0) is 18.8. The predicted molar refractivity (Wildman–Crippen MR) is 94.2 cm³/mol. The molecule has 0 bridgehead atoms. The lowest BCUT2D eigenvalue weighted by atomic mass is 9.86. The van der Waals surface area contributed by atoms with E-state index in [1.54, 1.807) is 19.2 Å². The van der Waals surface area contributed by atoms with Crippen LogP contribution in [0.2, 0.25) is 0 Å². The van der Waals surface area contributed by atoms with Crippen molar-refractivity contribution in [3.63, 3.8) is 0 Å². The molecule has 3 unspecified atom stereocenters. The van der Waals surface area contributed by atoms with Crippen LogP contribution in [0, 0.1) is 0 Å². The second-order valence-corrected chi connectivity index (χ2v) is 7.00. The van der Waals surface area contributed by atoms with Crippen LogP contribution < -0.4 is 19.5 Å². The number of benzene rings is 2. The summed E-state index contributed by atoms with van der Waals surface area (Å²) in [6.07, 6.45) is -1.96. The Morgan fingerprint density at radius 2 is 1.85 bits per heavy atom. The number of carbonyl (C=O) groups is 1. The van der Waals surface area contributed by atoms with Crippen LogP contribution in [0.5, 0.6) is 17.2 Å². The number of nitrogens with one attached hydrogen (secondary N) is 1. The molecule has 2 aromatic rings. The Morgan fingerprint density at radius 1 is 1.07 bits per heavy atom. The standard InChI is InChI=1S/C20H19NO6/c1-24-11-8-12(25-2)15-13(9-11)26-17-14(10-6-4-3-5-7-10)16-18(20(15,17)23)27-19(22)21-16/h3-9,14,16-18,23H,1-2H3,(H,21,22)/t14-,16?,17?,18?,20-/m1/s1. The summed E-state index contributed by atoms with van der Waals surface area (Å²) in [4.78, 5) is 12.0. The van der Waals surface area contributed by atoms with Crippen molar-refractivity contribution < 1.29 is 28.8 Å². The maximum atomic E-state index is 12.0. The number of hydrogen-bond donors (Lipinski definition) is 2. The summed E-state index contributed by atoms with van der Waals surface area (Å²) in [5.41, 5.74) is -0.0872. The summed E-state index contributed by atoms with van der Waals surface area (Å²) < 4.78 is 22.5. The molecule has 5 rings (SSSR count). The molecule has 2 fully saturated rings. The van der Waals surface area contributed by atoms with Gasteiger partial charge in [-0.1, -0.05) is 30.3 Å². The number of amides is 1. The Labute approximate surface area is 155 Å². The summed E-state index contributed by atoms with van der Waals surface area (Å²) in [6.45, 7) is 0. The molecule has 0 radical (unpaired) electrons. The van der Waals surface area contributed by atoms with Gasteiger partial charge in [0.1, 0.15) is 23.4 Å². The third kappa shape index (κ3) is 2.03. The van der Waals surface area contributed by atoms with Crippen molar-refractivity contribution in [3.05, 3.63) is 53.6 Å². The minimum absolute atomic E-state index is 0.282. The Morgan fingerprint density at radius 3 is 2.56 bits per heavy atom. The molecule has 1 saturated carbocycles. The Hall–Kier alpha value is -2.93. The van der Waals surface area contributed by atoms with Gasteiger partial charge in [0.15, 0.2) is 11.7 Å². The molecule has 1 saturated heterocycles.